The standard InChI is InChI=1S/C14H11ClF2N2O2/c1-21-11-6-7(2-3-8(11)15)19-14(20)12-9(16)4-5-10(18)13(12)17/h2-6H,18H2,1H3,(H,19,20). The fourth-order valence-corrected chi connectivity index (χ4v) is 1.90. The number of benzene rings is 2. The molecule has 0 spiro atoms. The van der Waals surface area contributed by atoms with E-state index in [-0.39, 0.29) is 11.4 Å². The molecule has 3 N–H and O–H groups in total. The summed E-state index contributed by atoms with van der Waals surface area (Å²) in [7, 11) is 1.41. The summed E-state index contributed by atoms with van der Waals surface area (Å²) in [6.07, 6.45) is 0. The highest BCUT2D eigenvalue weighted by molar-refractivity contribution is 6.32. The lowest BCUT2D eigenvalue weighted by Crippen LogP contribution is -2.17. The van der Waals surface area contributed by atoms with Crippen LogP contribution in [0.25, 0.3) is 0 Å². The number of anilines is 2. The molecule has 0 aromatic heterocycles. The highest BCUT2D eigenvalue weighted by Gasteiger charge is 2.20. The Bertz CT molecular complexity index is 708. The topological polar surface area (TPSA) is 64.3 Å². The van der Waals surface area contributed by atoms with E-state index < -0.39 is 23.1 Å². The van der Waals surface area contributed by atoms with Crippen molar-refractivity contribution < 1.29 is 18.3 Å². The van der Waals surface area contributed by atoms with Crippen LogP contribution in [-0.2, 0) is 0 Å². The van der Waals surface area contributed by atoms with Crippen LogP contribution >= 0.6 is 11.6 Å². The largest absolute Gasteiger partial charge is 0.495 e. The average Bonchev–Trinajstić information content (AvgIpc) is 2.45. The first-order chi connectivity index (χ1) is 9.93. The molecule has 0 saturated carbocycles. The molecule has 0 unspecified atom stereocenters. The summed E-state index contributed by atoms with van der Waals surface area (Å²) in [5.41, 5.74) is 4.55. The minimum Gasteiger partial charge on any atom is -0.495 e. The van der Waals surface area contributed by atoms with Gasteiger partial charge in [-0.2, -0.15) is 0 Å². The van der Waals surface area contributed by atoms with Crippen molar-refractivity contribution in [2.45, 2.75) is 0 Å². The van der Waals surface area contributed by atoms with Gasteiger partial charge in [0.1, 0.15) is 17.1 Å². The SMILES string of the molecule is COc1cc(NC(=O)c2c(F)ccc(N)c2F)ccc1Cl. The Morgan fingerprint density at radius 3 is 2.67 bits per heavy atom. The fourth-order valence-electron chi connectivity index (χ4n) is 1.71. The monoisotopic (exact) mass is 312 g/mol. The molecular formula is C14H11ClF2N2O2. The van der Waals surface area contributed by atoms with Gasteiger partial charge in [-0.15, -0.1) is 0 Å². The van der Waals surface area contributed by atoms with Crippen LogP contribution in [0, 0.1) is 11.6 Å². The van der Waals surface area contributed by atoms with E-state index in [2.05, 4.69) is 5.32 Å². The summed E-state index contributed by atoms with van der Waals surface area (Å²) in [4.78, 5) is 12.0. The quantitative estimate of drug-likeness (QED) is 0.853. The second-order valence-electron chi connectivity index (χ2n) is 4.13. The summed E-state index contributed by atoms with van der Waals surface area (Å²) in [5.74, 6) is -2.74. The Kier molecular flexibility index (Phi) is 4.28. The van der Waals surface area contributed by atoms with Gasteiger partial charge in [0.2, 0.25) is 0 Å². The molecule has 0 aliphatic carbocycles. The van der Waals surface area contributed by atoms with E-state index >= 15 is 0 Å². The van der Waals surface area contributed by atoms with Gasteiger partial charge in [0.15, 0.2) is 5.82 Å². The number of hydrogen-bond acceptors (Lipinski definition) is 3. The maximum absolute atomic E-state index is 13.8. The van der Waals surface area contributed by atoms with Crippen LogP contribution in [0.1, 0.15) is 10.4 Å². The van der Waals surface area contributed by atoms with Crippen molar-refractivity contribution in [3.8, 4) is 5.75 Å². The first-order valence-electron chi connectivity index (χ1n) is 5.82. The van der Waals surface area contributed by atoms with Gasteiger partial charge in [0.25, 0.3) is 5.91 Å². The number of nitrogens with two attached hydrogens (primary N) is 1. The zero-order valence-corrected chi connectivity index (χ0v) is 11.7. The molecule has 0 radical (unpaired) electrons. The number of carbonyl (C=O) groups is 1. The van der Waals surface area contributed by atoms with Crippen molar-refractivity contribution in [3.63, 3.8) is 0 Å². The number of amides is 1. The van der Waals surface area contributed by atoms with Crippen molar-refractivity contribution in [1.29, 1.82) is 0 Å². The van der Waals surface area contributed by atoms with Crippen molar-refractivity contribution >= 4 is 28.9 Å². The fraction of sp³-hybridized carbons (Fsp3) is 0.0714. The van der Waals surface area contributed by atoms with E-state index in [1.807, 2.05) is 0 Å². The molecule has 0 aliphatic rings. The van der Waals surface area contributed by atoms with Gasteiger partial charge in [-0.3, -0.25) is 4.79 Å². The lowest BCUT2D eigenvalue weighted by Gasteiger charge is -2.10. The number of hydrogen-bond donors (Lipinski definition) is 2. The Morgan fingerprint density at radius 2 is 2.00 bits per heavy atom. The van der Waals surface area contributed by atoms with E-state index in [0.717, 1.165) is 12.1 Å². The first-order valence-corrected chi connectivity index (χ1v) is 6.20. The maximum Gasteiger partial charge on any atom is 0.261 e. The molecule has 0 bridgehead atoms. The number of rotatable bonds is 3. The third-order valence-electron chi connectivity index (χ3n) is 2.76. The second-order valence-corrected chi connectivity index (χ2v) is 4.54. The van der Waals surface area contributed by atoms with E-state index in [9.17, 15) is 13.6 Å². The van der Waals surface area contributed by atoms with Crippen molar-refractivity contribution in [2.75, 3.05) is 18.2 Å². The number of carbonyl (C=O) groups excluding carboxylic acids is 1. The molecule has 0 saturated heterocycles. The van der Waals surface area contributed by atoms with Gasteiger partial charge in [0.05, 0.1) is 17.8 Å². The molecule has 2 aromatic carbocycles. The molecule has 1 amide bonds. The summed E-state index contributed by atoms with van der Waals surface area (Å²) in [6, 6.07) is 6.37. The Hall–Kier alpha value is -2.34. The van der Waals surface area contributed by atoms with Gasteiger partial charge in [-0.1, -0.05) is 11.6 Å². The van der Waals surface area contributed by atoms with Crippen LogP contribution in [0.3, 0.4) is 0 Å². The molecular weight excluding hydrogens is 302 g/mol. The summed E-state index contributed by atoms with van der Waals surface area (Å²) in [6.45, 7) is 0. The van der Waals surface area contributed by atoms with Crippen molar-refractivity contribution in [3.05, 3.63) is 52.6 Å². The number of methoxy groups -OCH3 is 1. The third kappa shape index (κ3) is 3.05. The van der Waals surface area contributed by atoms with Crippen molar-refractivity contribution in [2.24, 2.45) is 0 Å². The highest BCUT2D eigenvalue weighted by atomic mass is 35.5. The number of nitrogens with one attached hydrogen (secondary N) is 1. The van der Waals surface area contributed by atoms with Crippen LogP contribution in [0.5, 0.6) is 5.75 Å². The Balaban J connectivity index is 2.33. The van der Waals surface area contributed by atoms with E-state index in [0.29, 0.717) is 10.8 Å². The van der Waals surface area contributed by atoms with E-state index in [4.69, 9.17) is 22.1 Å². The number of halogens is 3. The minimum atomic E-state index is -1.10. The normalized spacial score (nSPS) is 10.3. The van der Waals surface area contributed by atoms with E-state index in [1.54, 1.807) is 0 Å². The number of ether oxygens (including phenoxy) is 1. The highest BCUT2D eigenvalue weighted by Crippen LogP contribution is 2.28. The molecule has 4 nitrogen and oxygen atoms in total. The summed E-state index contributed by atoms with van der Waals surface area (Å²) >= 11 is 5.85. The van der Waals surface area contributed by atoms with E-state index in [1.165, 1.54) is 25.3 Å². The second kappa shape index (κ2) is 5.97. The third-order valence-corrected chi connectivity index (χ3v) is 3.07. The van der Waals surface area contributed by atoms with Crippen LogP contribution in [0.15, 0.2) is 30.3 Å². The zero-order valence-electron chi connectivity index (χ0n) is 10.9. The summed E-state index contributed by atoms with van der Waals surface area (Å²) in [5, 5.41) is 2.70. The molecule has 110 valence electrons. The van der Waals surface area contributed by atoms with Crippen LogP contribution in [-0.4, -0.2) is 13.0 Å². The van der Waals surface area contributed by atoms with Crippen LogP contribution in [0.4, 0.5) is 20.2 Å². The maximum atomic E-state index is 13.8. The zero-order chi connectivity index (χ0) is 15.6. The van der Waals surface area contributed by atoms with Gasteiger partial charge in [0, 0.05) is 11.8 Å². The lowest BCUT2D eigenvalue weighted by molar-refractivity contribution is 0.101. The Morgan fingerprint density at radius 1 is 1.29 bits per heavy atom. The smallest absolute Gasteiger partial charge is 0.261 e. The molecule has 2 aromatic rings. The van der Waals surface area contributed by atoms with Crippen molar-refractivity contribution in [1.82, 2.24) is 0 Å². The molecule has 0 atom stereocenters. The summed E-state index contributed by atoms with van der Waals surface area (Å²) < 4.78 is 32.3. The predicted octanol–water partition coefficient (Wildman–Crippen LogP) is 3.46. The van der Waals surface area contributed by atoms with Crippen LogP contribution in [0.2, 0.25) is 5.02 Å². The molecule has 0 aliphatic heterocycles. The molecule has 21 heavy (non-hydrogen) atoms. The van der Waals surface area contributed by atoms with Gasteiger partial charge >= 0.3 is 0 Å². The van der Waals surface area contributed by atoms with Gasteiger partial charge < -0.3 is 15.8 Å². The molecule has 0 heterocycles. The molecule has 2 rings (SSSR count). The van der Waals surface area contributed by atoms with Gasteiger partial charge in [-0.25, -0.2) is 8.78 Å². The molecule has 0 fully saturated rings. The Labute approximate surface area is 124 Å². The number of nitrogen functional groups attached to an aromatic ring is 1. The minimum absolute atomic E-state index is 0.280. The van der Waals surface area contributed by atoms with Gasteiger partial charge in [-0.05, 0) is 24.3 Å². The average molecular weight is 313 g/mol. The first kappa shape index (κ1) is 15.1. The van der Waals surface area contributed by atoms with Crippen LogP contribution < -0.4 is 15.8 Å². The molecule has 7 heteroatoms. The lowest BCUT2D eigenvalue weighted by atomic mass is 10.1. The predicted molar refractivity (Wildman–Crippen MR) is 76.7 cm³/mol.